The molecular formula is C31H30F3N5O5. The largest absolute Gasteiger partial charge is 0.490 e. The van der Waals surface area contributed by atoms with Crippen LogP contribution in [0.3, 0.4) is 0 Å². The first-order valence-electron chi connectivity index (χ1n) is 13.5. The molecule has 0 spiro atoms. The molecule has 4 aromatic rings. The van der Waals surface area contributed by atoms with Gasteiger partial charge in [-0.1, -0.05) is 30.3 Å². The van der Waals surface area contributed by atoms with Crippen molar-refractivity contribution in [2.45, 2.75) is 38.5 Å². The molecule has 0 saturated heterocycles. The zero-order valence-corrected chi connectivity index (χ0v) is 23.7. The smallest absolute Gasteiger partial charge is 0.475 e. The van der Waals surface area contributed by atoms with Gasteiger partial charge in [0, 0.05) is 29.4 Å². The monoisotopic (exact) mass is 609 g/mol. The van der Waals surface area contributed by atoms with Crippen molar-refractivity contribution < 1.29 is 37.4 Å². The van der Waals surface area contributed by atoms with Gasteiger partial charge in [0.05, 0.1) is 12.6 Å². The Kier molecular flexibility index (Phi) is 9.57. The summed E-state index contributed by atoms with van der Waals surface area (Å²) >= 11 is 0. The van der Waals surface area contributed by atoms with Crippen molar-refractivity contribution in [2.24, 2.45) is 0 Å². The number of halogens is 3. The molecule has 10 nitrogen and oxygen atoms in total. The van der Waals surface area contributed by atoms with Gasteiger partial charge >= 0.3 is 18.2 Å². The fourth-order valence-corrected chi connectivity index (χ4v) is 4.61. The second-order valence-corrected chi connectivity index (χ2v) is 10.1. The summed E-state index contributed by atoms with van der Waals surface area (Å²) in [6.07, 6.45) is -3.35. The number of ether oxygens (including phenoxy) is 1. The maximum atomic E-state index is 13.7. The van der Waals surface area contributed by atoms with Crippen molar-refractivity contribution in [1.82, 2.24) is 10.3 Å². The van der Waals surface area contributed by atoms with Gasteiger partial charge in [-0.05, 0) is 77.9 Å². The van der Waals surface area contributed by atoms with Gasteiger partial charge in [0.2, 0.25) is 5.91 Å². The predicted octanol–water partition coefficient (Wildman–Crippen LogP) is 5.89. The molecule has 230 valence electrons. The average molecular weight is 610 g/mol. The molecule has 44 heavy (non-hydrogen) atoms. The number of carboxylic acids is 1. The van der Waals surface area contributed by atoms with Crippen molar-refractivity contribution >= 4 is 45.9 Å². The molecule has 4 bridgehead atoms. The second kappa shape index (κ2) is 13.3. The Morgan fingerprint density at radius 1 is 1.07 bits per heavy atom. The summed E-state index contributed by atoms with van der Waals surface area (Å²) in [6.45, 7) is 4.16. The Morgan fingerprint density at radius 2 is 1.82 bits per heavy atom. The van der Waals surface area contributed by atoms with E-state index in [4.69, 9.17) is 20.4 Å². The molecule has 1 aromatic heterocycles. The SMILES string of the molecule is Cc1cc2ccc1CCOC(=O)Nc1cccc(c1)[C@@H](C)NC(=O)C2Nc1ccc2c(N)nccc2c1.O=C(O)C(F)(F)F. The Hall–Kier alpha value is -5.33. The van der Waals surface area contributed by atoms with Crippen molar-refractivity contribution in [1.29, 1.82) is 0 Å². The molecule has 0 saturated carbocycles. The predicted molar refractivity (Wildman–Crippen MR) is 159 cm³/mol. The summed E-state index contributed by atoms with van der Waals surface area (Å²) in [5.74, 6) is -2.46. The summed E-state index contributed by atoms with van der Waals surface area (Å²) in [6, 6.07) is 20.0. The Labute approximate surface area is 250 Å². The molecule has 0 fully saturated rings. The third kappa shape index (κ3) is 7.94. The van der Waals surface area contributed by atoms with Crippen LogP contribution in [0.1, 0.15) is 41.3 Å². The lowest BCUT2D eigenvalue weighted by atomic mass is 9.97. The van der Waals surface area contributed by atoms with Crippen LogP contribution in [0.2, 0.25) is 0 Å². The number of carboxylic acid groups (broad SMARTS) is 1. The lowest BCUT2D eigenvalue weighted by Gasteiger charge is -2.24. The number of nitrogen functional groups attached to an aromatic ring is 1. The third-order valence-corrected chi connectivity index (χ3v) is 6.91. The number of nitrogens with two attached hydrogens (primary N) is 1. The maximum absolute atomic E-state index is 13.7. The summed E-state index contributed by atoms with van der Waals surface area (Å²) in [4.78, 5) is 39.0. The standard InChI is InChI=1S/C29H29N5O3.C2HF3O2/c1-17-14-22-7-6-19(17)11-13-37-29(36)34-23-5-3-4-20(15-23)18(2)32-28(35)26(22)33-24-8-9-25-21(16-24)10-12-31-27(25)30;3-2(4,5)1(6)7/h3-10,12,14-16,18,26,33H,11,13H2,1-2H3,(H2,30,31)(H,32,35)(H,34,36);(H,6,7)/t18-,26?;/m1./s1. The van der Waals surface area contributed by atoms with E-state index in [0.29, 0.717) is 17.9 Å². The number of amides is 2. The molecule has 0 radical (unpaired) electrons. The molecule has 2 aliphatic heterocycles. The van der Waals surface area contributed by atoms with Gasteiger partial charge in [-0.3, -0.25) is 10.1 Å². The maximum Gasteiger partial charge on any atom is 0.490 e. The normalized spacial score (nSPS) is 17.0. The molecule has 2 aliphatic rings. The first-order chi connectivity index (χ1) is 20.8. The number of aromatic nitrogens is 1. The van der Waals surface area contributed by atoms with E-state index < -0.39 is 24.3 Å². The quantitative estimate of drug-likeness (QED) is 0.188. The van der Waals surface area contributed by atoms with Crippen molar-refractivity contribution in [2.75, 3.05) is 23.0 Å². The molecular weight excluding hydrogens is 579 g/mol. The minimum atomic E-state index is -5.08. The molecule has 6 rings (SSSR count). The number of anilines is 3. The van der Waals surface area contributed by atoms with E-state index >= 15 is 0 Å². The minimum Gasteiger partial charge on any atom is -0.475 e. The molecule has 6 N–H and O–H groups in total. The van der Waals surface area contributed by atoms with Crippen molar-refractivity contribution in [3.63, 3.8) is 0 Å². The highest BCUT2D eigenvalue weighted by atomic mass is 19.4. The van der Waals surface area contributed by atoms with E-state index in [1.165, 1.54) is 0 Å². The fraction of sp³-hybridized carbons (Fsp3) is 0.226. The van der Waals surface area contributed by atoms with Crippen LogP contribution in [-0.4, -0.2) is 40.8 Å². The molecule has 0 aliphatic carbocycles. The van der Waals surface area contributed by atoms with Crippen LogP contribution < -0.4 is 21.7 Å². The van der Waals surface area contributed by atoms with E-state index in [0.717, 1.165) is 38.7 Å². The number of fused-ring (bicyclic) bond motifs is 10. The van der Waals surface area contributed by atoms with E-state index in [9.17, 15) is 22.8 Å². The van der Waals surface area contributed by atoms with Crippen molar-refractivity contribution in [3.05, 3.63) is 95.2 Å². The van der Waals surface area contributed by atoms with Crippen LogP contribution in [0.25, 0.3) is 10.8 Å². The van der Waals surface area contributed by atoms with Gasteiger partial charge in [-0.25, -0.2) is 14.6 Å². The number of nitrogens with one attached hydrogen (secondary N) is 3. The number of hydrogen-bond donors (Lipinski definition) is 5. The minimum absolute atomic E-state index is 0.168. The summed E-state index contributed by atoms with van der Waals surface area (Å²) in [5, 5.41) is 18.2. The number of alkyl halides is 3. The van der Waals surface area contributed by atoms with Gasteiger partial charge in [0.25, 0.3) is 0 Å². The molecule has 1 unspecified atom stereocenters. The number of aliphatic carboxylic acids is 1. The van der Waals surface area contributed by atoms with Crippen molar-refractivity contribution in [3.8, 4) is 0 Å². The third-order valence-electron chi connectivity index (χ3n) is 6.91. The van der Waals surface area contributed by atoms with Crippen LogP contribution in [0, 0.1) is 6.92 Å². The number of benzene rings is 3. The van der Waals surface area contributed by atoms with E-state index in [1.807, 2.05) is 74.5 Å². The van der Waals surface area contributed by atoms with Crippen LogP contribution in [0.15, 0.2) is 72.9 Å². The second-order valence-electron chi connectivity index (χ2n) is 10.1. The summed E-state index contributed by atoms with van der Waals surface area (Å²) in [5.41, 5.74) is 11.2. The molecule has 3 aromatic carbocycles. The van der Waals surface area contributed by atoms with Gasteiger partial charge in [0.15, 0.2) is 0 Å². The van der Waals surface area contributed by atoms with Crippen LogP contribution in [-0.2, 0) is 20.7 Å². The number of hydrogen-bond acceptors (Lipinski definition) is 7. The number of carbonyl (C=O) groups excluding carboxylic acids is 2. The lowest BCUT2D eigenvalue weighted by Crippen LogP contribution is -2.35. The summed E-state index contributed by atoms with van der Waals surface area (Å²) < 4.78 is 37.1. The van der Waals surface area contributed by atoms with Gasteiger partial charge in [-0.15, -0.1) is 0 Å². The number of carbonyl (C=O) groups is 3. The number of pyridine rings is 1. The topological polar surface area (TPSA) is 156 Å². The number of rotatable bonds is 2. The fourth-order valence-electron chi connectivity index (χ4n) is 4.61. The van der Waals surface area contributed by atoms with Gasteiger partial charge in [-0.2, -0.15) is 13.2 Å². The van der Waals surface area contributed by atoms with E-state index in [2.05, 4.69) is 20.9 Å². The zero-order valence-electron chi connectivity index (χ0n) is 23.7. The highest BCUT2D eigenvalue weighted by molar-refractivity contribution is 5.94. The molecule has 2 atom stereocenters. The first-order valence-corrected chi connectivity index (χ1v) is 13.5. The molecule has 3 heterocycles. The van der Waals surface area contributed by atoms with Crippen LogP contribution in [0.5, 0.6) is 0 Å². The first kappa shape index (κ1) is 31.6. The number of nitrogens with zero attached hydrogens (tertiary/aromatic N) is 1. The molecule has 2 amide bonds. The summed E-state index contributed by atoms with van der Waals surface area (Å²) in [7, 11) is 0. The Morgan fingerprint density at radius 3 is 2.52 bits per heavy atom. The Balaban J connectivity index is 0.000000566. The highest BCUT2D eigenvalue weighted by Gasteiger charge is 2.38. The van der Waals surface area contributed by atoms with Crippen LogP contribution in [0.4, 0.5) is 35.2 Å². The zero-order chi connectivity index (χ0) is 32.0. The highest BCUT2D eigenvalue weighted by Crippen LogP contribution is 2.28. The molecule has 13 heteroatoms. The average Bonchev–Trinajstić information content (AvgIpc) is 2.96. The Bertz CT molecular complexity index is 1700. The van der Waals surface area contributed by atoms with Gasteiger partial charge in [0.1, 0.15) is 11.9 Å². The van der Waals surface area contributed by atoms with Crippen LogP contribution >= 0.6 is 0 Å². The number of aryl methyl sites for hydroxylation is 1. The van der Waals surface area contributed by atoms with Gasteiger partial charge < -0.3 is 26.2 Å². The van der Waals surface area contributed by atoms with E-state index in [1.54, 1.807) is 12.3 Å². The van der Waals surface area contributed by atoms with E-state index in [-0.39, 0.29) is 18.6 Å². The lowest BCUT2D eigenvalue weighted by molar-refractivity contribution is -0.192.